The van der Waals surface area contributed by atoms with Crippen LogP contribution in [0.4, 0.5) is 0 Å². The van der Waals surface area contributed by atoms with Crippen LogP contribution in [0.1, 0.15) is 25.8 Å². The fourth-order valence-corrected chi connectivity index (χ4v) is 3.57. The summed E-state index contributed by atoms with van der Waals surface area (Å²) in [5.74, 6) is 5.91. The number of ether oxygens (including phenoxy) is 1. The van der Waals surface area contributed by atoms with Gasteiger partial charge in [-0.15, -0.1) is 0 Å². The van der Waals surface area contributed by atoms with Crippen LogP contribution >= 0.6 is 15.9 Å². The van der Waals surface area contributed by atoms with Crippen molar-refractivity contribution in [3.05, 3.63) is 34.3 Å². The summed E-state index contributed by atoms with van der Waals surface area (Å²) in [5.41, 5.74) is 4.38. The van der Waals surface area contributed by atoms with Gasteiger partial charge in [-0.05, 0) is 37.5 Å². The van der Waals surface area contributed by atoms with Crippen molar-refractivity contribution in [3.8, 4) is 0 Å². The maximum absolute atomic E-state index is 5.91. The number of halogens is 1. The smallest absolute Gasteiger partial charge is 0.0594 e. The molecule has 1 aromatic rings. The Kier molecular flexibility index (Phi) is 6.20. The first-order valence-electron chi connectivity index (χ1n) is 7.63. The van der Waals surface area contributed by atoms with Gasteiger partial charge in [0.1, 0.15) is 0 Å². The van der Waals surface area contributed by atoms with Crippen molar-refractivity contribution in [2.45, 2.75) is 38.3 Å². The highest BCUT2D eigenvalue weighted by molar-refractivity contribution is 9.10. The molecular formula is C16H26BrN3O. The van der Waals surface area contributed by atoms with Crippen molar-refractivity contribution in [1.29, 1.82) is 0 Å². The van der Waals surface area contributed by atoms with Gasteiger partial charge in [0.25, 0.3) is 0 Å². The van der Waals surface area contributed by atoms with E-state index in [1.54, 1.807) is 0 Å². The molecule has 4 nitrogen and oxygen atoms in total. The van der Waals surface area contributed by atoms with Crippen molar-refractivity contribution < 1.29 is 4.74 Å². The molecule has 0 bridgehead atoms. The van der Waals surface area contributed by atoms with E-state index < -0.39 is 0 Å². The van der Waals surface area contributed by atoms with E-state index in [9.17, 15) is 0 Å². The first kappa shape index (κ1) is 16.9. The number of rotatable bonds is 6. The molecule has 1 heterocycles. The lowest BCUT2D eigenvalue weighted by Crippen LogP contribution is -2.63. The van der Waals surface area contributed by atoms with Gasteiger partial charge in [0.2, 0.25) is 0 Å². The minimum absolute atomic E-state index is 0.0286. The minimum atomic E-state index is 0.0286. The lowest BCUT2D eigenvalue weighted by molar-refractivity contribution is -0.0322. The number of nitrogens with one attached hydrogen (secondary N) is 1. The molecule has 0 aromatic heterocycles. The minimum Gasteiger partial charge on any atom is -0.379 e. The summed E-state index contributed by atoms with van der Waals surface area (Å²) in [6.45, 7) is 8.11. The summed E-state index contributed by atoms with van der Waals surface area (Å²) in [5, 5.41) is 0. The van der Waals surface area contributed by atoms with Gasteiger partial charge in [-0.1, -0.05) is 35.0 Å². The largest absolute Gasteiger partial charge is 0.379 e. The SMILES string of the molecule is CCC(C)(C(Cc1cccc(Br)c1)NN)N1CCOCC1. The monoisotopic (exact) mass is 355 g/mol. The molecule has 0 amide bonds. The van der Waals surface area contributed by atoms with Crippen LogP contribution in [0.5, 0.6) is 0 Å². The lowest BCUT2D eigenvalue weighted by atomic mass is 9.83. The molecule has 2 rings (SSSR count). The Labute approximate surface area is 136 Å². The summed E-state index contributed by atoms with van der Waals surface area (Å²) in [7, 11) is 0. The Hall–Kier alpha value is -0.460. The number of nitrogens with zero attached hydrogens (tertiary/aromatic N) is 1. The Morgan fingerprint density at radius 1 is 1.43 bits per heavy atom. The zero-order valence-electron chi connectivity index (χ0n) is 12.9. The number of nitrogens with two attached hydrogens (primary N) is 1. The topological polar surface area (TPSA) is 50.5 Å². The van der Waals surface area contributed by atoms with E-state index >= 15 is 0 Å². The number of hydrogen-bond acceptors (Lipinski definition) is 4. The number of morpholine rings is 1. The normalized spacial score (nSPS) is 21.0. The highest BCUT2D eigenvalue weighted by atomic mass is 79.9. The molecule has 0 aliphatic carbocycles. The maximum atomic E-state index is 5.91. The average Bonchev–Trinajstić information content (AvgIpc) is 2.53. The average molecular weight is 356 g/mol. The zero-order chi connectivity index (χ0) is 15.3. The number of hydrazine groups is 1. The van der Waals surface area contributed by atoms with Crippen LogP contribution in [0.25, 0.3) is 0 Å². The predicted octanol–water partition coefficient (Wildman–Crippen LogP) is 2.32. The molecule has 118 valence electrons. The van der Waals surface area contributed by atoms with Gasteiger partial charge in [0, 0.05) is 29.1 Å². The van der Waals surface area contributed by atoms with Gasteiger partial charge in [-0.25, -0.2) is 0 Å². The molecule has 2 atom stereocenters. The molecule has 0 spiro atoms. The van der Waals surface area contributed by atoms with Gasteiger partial charge in [0.15, 0.2) is 0 Å². The molecule has 5 heteroatoms. The molecule has 1 saturated heterocycles. The third-order valence-corrected chi connectivity index (χ3v) is 5.22. The molecule has 1 aromatic carbocycles. The van der Waals surface area contributed by atoms with Gasteiger partial charge in [0.05, 0.1) is 13.2 Å². The molecule has 0 radical (unpaired) electrons. The molecule has 2 unspecified atom stereocenters. The standard InChI is InChI=1S/C16H26BrN3O/c1-3-16(2,20-7-9-21-10-8-20)15(19-18)12-13-5-4-6-14(17)11-13/h4-6,11,15,19H,3,7-10,12,18H2,1-2H3. The van der Waals surface area contributed by atoms with Crippen LogP contribution in [0.2, 0.25) is 0 Å². The van der Waals surface area contributed by atoms with Crippen LogP contribution in [0.3, 0.4) is 0 Å². The Bertz CT molecular complexity index is 451. The third-order valence-electron chi connectivity index (χ3n) is 4.73. The van der Waals surface area contributed by atoms with E-state index in [0.717, 1.165) is 43.6 Å². The van der Waals surface area contributed by atoms with Gasteiger partial charge in [-0.3, -0.25) is 16.2 Å². The first-order chi connectivity index (χ1) is 10.1. The van der Waals surface area contributed by atoms with E-state index in [-0.39, 0.29) is 11.6 Å². The van der Waals surface area contributed by atoms with Crippen LogP contribution in [-0.4, -0.2) is 42.8 Å². The van der Waals surface area contributed by atoms with Crippen molar-refractivity contribution in [3.63, 3.8) is 0 Å². The predicted molar refractivity (Wildman–Crippen MR) is 90.0 cm³/mol. The van der Waals surface area contributed by atoms with E-state index in [2.05, 4.69) is 64.4 Å². The number of benzene rings is 1. The Balaban J connectivity index is 2.16. The zero-order valence-corrected chi connectivity index (χ0v) is 14.5. The lowest BCUT2D eigenvalue weighted by Gasteiger charge is -2.47. The summed E-state index contributed by atoms with van der Waals surface area (Å²) in [4.78, 5) is 2.51. The second-order valence-electron chi connectivity index (χ2n) is 5.86. The molecular weight excluding hydrogens is 330 g/mol. The summed E-state index contributed by atoms with van der Waals surface area (Å²) in [6, 6.07) is 8.65. The molecule has 1 aliphatic heterocycles. The van der Waals surface area contributed by atoms with Crippen molar-refractivity contribution in [2.24, 2.45) is 5.84 Å². The van der Waals surface area contributed by atoms with E-state index in [0.29, 0.717) is 0 Å². The van der Waals surface area contributed by atoms with E-state index in [1.165, 1.54) is 5.56 Å². The second kappa shape index (κ2) is 7.70. The molecule has 1 fully saturated rings. The van der Waals surface area contributed by atoms with Gasteiger partial charge < -0.3 is 4.74 Å². The second-order valence-corrected chi connectivity index (χ2v) is 6.78. The maximum Gasteiger partial charge on any atom is 0.0594 e. The first-order valence-corrected chi connectivity index (χ1v) is 8.43. The fourth-order valence-electron chi connectivity index (χ4n) is 3.12. The van der Waals surface area contributed by atoms with Crippen molar-refractivity contribution in [1.82, 2.24) is 10.3 Å². The van der Waals surface area contributed by atoms with Crippen LogP contribution < -0.4 is 11.3 Å². The van der Waals surface area contributed by atoms with Gasteiger partial charge >= 0.3 is 0 Å². The molecule has 1 aliphatic rings. The van der Waals surface area contributed by atoms with Crippen LogP contribution in [0, 0.1) is 0 Å². The summed E-state index contributed by atoms with van der Waals surface area (Å²) < 4.78 is 6.60. The van der Waals surface area contributed by atoms with E-state index in [1.807, 2.05) is 0 Å². The highest BCUT2D eigenvalue weighted by Crippen LogP contribution is 2.27. The molecule has 21 heavy (non-hydrogen) atoms. The molecule has 0 saturated carbocycles. The van der Waals surface area contributed by atoms with E-state index in [4.69, 9.17) is 10.6 Å². The summed E-state index contributed by atoms with van der Waals surface area (Å²) in [6.07, 6.45) is 1.97. The quantitative estimate of drug-likeness (QED) is 0.607. The highest BCUT2D eigenvalue weighted by Gasteiger charge is 2.38. The van der Waals surface area contributed by atoms with Crippen molar-refractivity contribution >= 4 is 15.9 Å². The third kappa shape index (κ3) is 4.05. The Morgan fingerprint density at radius 2 is 2.14 bits per heavy atom. The van der Waals surface area contributed by atoms with Gasteiger partial charge in [-0.2, -0.15) is 0 Å². The molecule has 3 N–H and O–H groups in total. The Morgan fingerprint density at radius 3 is 2.71 bits per heavy atom. The summed E-state index contributed by atoms with van der Waals surface area (Å²) >= 11 is 3.54. The van der Waals surface area contributed by atoms with Crippen LogP contribution in [-0.2, 0) is 11.2 Å². The number of hydrogen-bond donors (Lipinski definition) is 2. The fraction of sp³-hybridized carbons (Fsp3) is 0.625. The van der Waals surface area contributed by atoms with Crippen molar-refractivity contribution in [2.75, 3.05) is 26.3 Å². The van der Waals surface area contributed by atoms with Crippen LogP contribution in [0.15, 0.2) is 28.7 Å².